The molecular formula is C10H13N3O3. The van der Waals surface area contributed by atoms with Crippen LogP contribution in [0.15, 0.2) is 12.4 Å². The summed E-state index contributed by atoms with van der Waals surface area (Å²) < 4.78 is 4.85. The molecule has 1 N–H and O–H groups in total. The lowest BCUT2D eigenvalue weighted by molar-refractivity contribution is 0.111. The van der Waals surface area contributed by atoms with Gasteiger partial charge in [0.1, 0.15) is 5.69 Å². The lowest BCUT2D eigenvalue weighted by atomic mass is 10.1. The Hall–Kier alpha value is -1.98. The number of nitrogens with zero attached hydrogens (tertiary/aromatic N) is 2. The number of aromatic nitrogens is 2. The Kier molecular flexibility index (Phi) is 3.55. The van der Waals surface area contributed by atoms with E-state index in [1.807, 2.05) is 20.8 Å². The average molecular weight is 223 g/mol. The van der Waals surface area contributed by atoms with E-state index in [1.165, 1.54) is 12.4 Å². The van der Waals surface area contributed by atoms with E-state index >= 15 is 0 Å². The van der Waals surface area contributed by atoms with E-state index in [4.69, 9.17) is 4.74 Å². The first-order valence-corrected chi connectivity index (χ1v) is 4.68. The number of hydrogen-bond donors (Lipinski definition) is 1. The van der Waals surface area contributed by atoms with Crippen LogP contribution in [-0.4, -0.2) is 27.9 Å². The Labute approximate surface area is 93.0 Å². The van der Waals surface area contributed by atoms with Crippen LogP contribution in [0.1, 0.15) is 31.3 Å². The van der Waals surface area contributed by atoms with E-state index in [1.54, 1.807) is 0 Å². The van der Waals surface area contributed by atoms with Crippen molar-refractivity contribution in [2.75, 3.05) is 0 Å². The number of rotatable bonds is 2. The molecule has 0 aliphatic carbocycles. The van der Waals surface area contributed by atoms with Gasteiger partial charge in [-0.15, -0.1) is 0 Å². The minimum absolute atomic E-state index is 0.0485. The summed E-state index contributed by atoms with van der Waals surface area (Å²) in [5.74, 6) is 0.0485. The molecule has 0 bridgehead atoms. The van der Waals surface area contributed by atoms with Crippen molar-refractivity contribution in [2.45, 2.75) is 26.3 Å². The fourth-order valence-electron chi connectivity index (χ4n) is 0.866. The van der Waals surface area contributed by atoms with Crippen LogP contribution in [0.2, 0.25) is 0 Å². The highest BCUT2D eigenvalue weighted by molar-refractivity contribution is 5.72. The quantitative estimate of drug-likeness (QED) is 0.761. The Balaban J connectivity index is 2.59. The summed E-state index contributed by atoms with van der Waals surface area (Å²) in [5.41, 5.74) is -0.198. The van der Waals surface area contributed by atoms with Gasteiger partial charge in [0.05, 0.1) is 12.4 Å². The molecule has 1 rings (SSSR count). The fourth-order valence-corrected chi connectivity index (χ4v) is 0.866. The SMILES string of the molecule is CC(C)(C)NC(=O)Oc1cnc(C=O)cn1. The van der Waals surface area contributed by atoms with Crippen LogP contribution in [-0.2, 0) is 0 Å². The third-order valence-electron chi connectivity index (χ3n) is 1.44. The lowest BCUT2D eigenvalue weighted by Gasteiger charge is -2.19. The maximum atomic E-state index is 11.3. The van der Waals surface area contributed by atoms with Gasteiger partial charge in [-0.1, -0.05) is 0 Å². The smallest absolute Gasteiger partial charge is 0.390 e. The number of ether oxygens (including phenoxy) is 1. The van der Waals surface area contributed by atoms with Gasteiger partial charge in [-0.2, -0.15) is 0 Å². The maximum absolute atomic E-state index is 11.3. The lowest BCUT2D eigenvalue weighted by Crippen LogP contribution is -2.42. The van der Waals surface area contributed by atoms with E-state index in [-0.39, 0.29) is 17.1 Å². The summed E-state index contributed by atoms with van der Waals surface area (Å²) in [6, 6.07) is 0. The molecule has 0 aliphatic heterocycles. The molecule has 1 heterocycles. The molecule has 1 aromatic heterocycles. The molecule has 0 aliphatic rings. The van der Waals surface area contributed by atoms with Crippen molar-refractivity contribution in [3.63, 3.8) is 0 Å². The van der Waals surface area contributed by atoms with E-state index in [9.17, 15) is 9.59 Å². The van der Waals surface area contributed by atoms with Gasteiger partial charge >= 0.3 is 6.09 Å². The van der Waals surface area contributed by atoms with Crippen molar-refractivity contribution in [3.05, 3.63) is 18.1 Å². The summed E-state index contributed by atoms with van der Waals surface area (Å²) in [4.78, 5) is 29.1. The Morgan fingerprint density at radius 3 is 2.50 bits per heavy atom. The van der Waals surface area contributed by atoms with E-state index in [2.05, 4.69) is 15.3 Å². The van der Waals surface area contributed by atoms with Crippen molar-refractivity contribution in [1.29, 1.82) is 0 Å². The van der Waals surface area contributed by atoms with Gasteiger partial charge in [0.15, 0.2) is 6.29 Å². The van der Waals surface area contributed by atoms with Crippen LogP contribution >= 0.6 is 0 Å². The highest BCUT2D eigenvalue weighted by Gasteiger charge is 2.15. The first-order valence-electron chi connectivity index (χ1n) is 4.68. The molecule has 16 heavy (non-hydrogen) atoms. The Morgan fingerprint density at radius 2 is 2.06 bits per heavy atom. The number of hydrogen-bond acceptors (Lipinski definition) is 5. The van der Waals surface area contributed by atoms with Gasteiger partial charge in [-0.25, -0.2) is 14.8 Å². The zero-order valence-corrected chi connectivity index (χ0v) is 9.35. The first kappa shape index (κ1) is 12.1. The second kappa shape index (κ2) is 4.69. The molecular weight excluding hydrogens is 210 g/mol. The molecule has 0 fully saturated rings. The summed E-state index contributed by atoms with van der Waals surface area (Å²) in [6.45, 7) is 5.49. The number of carbonyl (C=O) groups is 2. The van der Waals surface area contributed by atoms with Gasteiger partial charge in [-0.05, 0) is 20.8 Å². The highest BCUT2D eigenvalue weighted by Crippen LogP contribution is 2.05. The van der Waals surface area contributed by atoms with Crippen molar-refractivity contribution in [2.24, 2.45) is 0 Å². The normalized spacial score (nSPS) is 10.7. The zero-order chi connectivity index (χ0) is 12.2. The molecule has 1 amide bonds. The topological polar surface area (TPSA) is 81.2 Å². The molecule has 0 spiro atoms. The van der Waals surface area contributed by atoms with Crippen LogP contribution < -0.4 is 10.1 Å². The standard InChI is InChI=1S/C10H13N3O3/c1-10(2,3)13-9(15)16-8-5-11-7(6-14)4-12-8/h4-6H,1-3H3,(H,13,15). The van der Waals surface area contributed by atoms with Crippen LogP contribution in [0.3, 0.4) is 0 Å². The fraction of sp³-hybridized carbons (Fsp3) is 0.400. The van der Waals surface area contributed by atoms with E-state index in [0.29, 0.717) is 6.29 Å². The molecule has 0 unspecified atom stereocenters. The largest absolute Gasteiger partial charge is 0.414 e. The zero-order valence-electron chi connectivity index (χ0n) is 9.35. The summed E-state index contributed by atoms with van der Waals surface area (Å²) in [6.07, 6.45) is 2.39. The van der Waals surface area contributed by atoms with Crippen LogP contribution in [0, 0.1) is 0 Å². The predicted molar refractivity (Wildman–Crippen MR) is 56.3 cm³/mol. The van der Waals surface area contributed by atoms with E-state index in [0.717, 1.165) is 0 Å². The van der Waals surface area contributed by atoms with Crippen molar-refractivity contribution in [3.8, 4) is 5.88 Å². The molecule has 6 heteroatoms. The first-order chi connectivity index (χ1) is 7.40. The molecule has 0 atom stereocenters. The third-order valence-corrected chi connectivity index (χ3v) is 1.44. The Bertz CT molecular complexity index is 381. The van der Waals surface area contributed by atoms with Gasteiger partial charge in [-0.3, -0.25) is 4.79 Å². The monoisotopic (exact) mass is 223 g/mol. The number of aldehydes is 1. The molecule has 86 valence electrons. The highest BCUT2D eigenvalue weighted by atomic mass is 16.6. The van der Waals surface area contributed by atoms with Crippen LogP contribution in [0.4, 0.5) is 4.79 Å². The van der Waals surface area contributed by atoms with Gasteiger partial charge in [0, 0.05) is 5.54 Å². The number of amides is 1. The van der Waals surface area contributed by atoms with E-state index < -0.39 is 6.09 Å². The van der Waals surface area contributed by atoms with Gasteiger partial charge in [0.25, 0.3) is 0 Å². The molecule has 6 nitrogen and oxygen atoms in total. The maximum Gasteiger partial charge on any atom is 0.414 e. The van der Waals surface area contributed by atoms with Crippen molar-refractivity contribution < 1.29 is 14.3 Å². The molecule has 1 aromatic rings. The van der Waals surface area contributed by atoms with Crippen LogP contribution in [0.25, 0.3) is 0 Å². The predicted octanol–water partition coefficient (Wildman–Crippen LogP) is 1.18. The second-order valence-electron chi connectivity index (χ2n) is 4.16. The average Bonchev–Trinajstić information content (AvgIpc) is 2.16. The molecule has 0 saturated carbocycles. The Morgan fingerprint density at radius 1 is 1.38 bits per heavy atom. The number of nitrogens with one attached hydrogen (secondary N) is 1. The van der Waals surface area contributed by atoms with Crippen LogP contribution in [0.5, 0.6) is 5.88 Å². The molecule has 0 aromatic carbocycles. The van der Waals surface area contributed by atoms with Gasteiger partial charge < -0.3 is 10.1 Å². The minimum atomic E-state index is -0.611. The second-order valence-corrected chi connectivity index (χ2v) is 4.16. The summed E-state index contributed by atoms with van der Waals surface area (Å²) >= 11 is 0. The molecule has 0 radical (unpaired) electrons. The minimum Gasteiger partial charge on any atom is -0.390 e. The summed E-state index contributed by atoms with van der Waals surface area (Å²) in [5, 5.41) is 2.60. The van der Waals surface area contributed by atoms with Crippen molar-refractivity contribution in [1.82, 2.24) is 15.3 Å². The summed E-state index contributed by atoms with van der Waals surface area (Å²) in [7, 11) is 0. The van der Waals surface area contributed by atoms with Gasteiger partial charge in [0.2, 0.25) is 5.88 Å². The third kappa shape index (κ3) is 4.04. The molecule has 0 saturated heterocycles. The number of carbonyl (C=O) groups excluding carboxylic acids is 2. The van der Waals surface area contributed by atoms with Crippen molar-refractivity contribution >= 4 is 12.4 Å².